The lowest BCUT2D eigenvalue weighted by Gasteiger charge is -2.14. The highest BCUT2D eigenvalue weighted by Gasteiger charge is 2.16. The van der Waals surface area contributed by atoms with Crippen LogP contribution in [0.3, 0.4) is 0 Å². The molecule has 3 aromatic heterocycles. The molecule has 0 spiro atoms. The van der Waals surface area contributed by atoms with Gasteiger partial charge in [0.25, 0.3) is 5.91 Å². The molecule has 0 saturated carbocycles. The molecule has 0 aliphatic heterocycles. The Hall–Kier alpha value is -3.74. The summed E-state index contributed by atoms with van der Waals surface area (Å²) in [4.78, 5) is 22.5. The Balaban J connectivity index is 1.44. The van der Waals surface area contributed by atoms with Crippen LogP contribution in [-0.4, -0.2) is 33.0 Å². The largest absolute Gasteiger partial charge is 0.464 e. The highest BCUT2D eigenvalue weighted by Crippen LogP contribution is 2.21. The van der Waals surface area contributed by atoms with Crippen LogP contribution >= 0.6 is 0 Å². The summed E-state index contributed by atoms with van der Waals surface area (Å²) in [5.41, 5.74) is 2.24. The minimum atomic E-state index is -0.137. The molecule has 7 heteroatoms. The van der Waals surface area contributed by atoms with Crippen molar-refractivity contribution in [3.05, 3.63) is 78.6 Å². The van der Waals surface area contributed by atoms with Gasteiger partial charge in [0.2, 0.25) is 11.7 Å². The van der Waals surface area contributed by atoms with Crippen LogP contribution in [0.15, 0.2) is 76.1 Å². The molecule has 0 saturated heterocycles. The van der Waals surface area contributed by atoms with E-state index in [0.29, 0.717) is 17.3 Å². The zero-order chi connectivity index (χ0) is 18.6. The lowest BCUT2D eigenvalue weighted by Crippen LogP contribution is -2.26. The van der Waals surface area contributed by atoms with Crippen LogP contribution in [0.1, 0.15) is 16.2 Å². The van der Waals surface area contributed by atoms with E-state index < -0.39 is 0 Å². The molecule has 0 N–H and O–H groups in total. The molecule has 134 valence electrons. The van der Waals surface area contributed by atoms with Crippen LogP contribution in [0.5, 0.6) is 0 Å². The summed E-state index contributed by atoms with van der Waals surface area (Å²) in [5.74, 6) is 1.43. The Bertz CT molecular complexity index is 1020. The Morgan fingerprint density at radius 2 is 1.93 bits per heavy atom. The number of pyridine rings is 1. The van der Waals surface area contributed by atoms with Gasteiger partial charge in [-0.25, -0.2) is 0 Å². The number of carbonyl (C=O) groups excluding carboxylic acids is 1. The van der Waals surface area contributed by atoms with Gasteiger partial charge < -0.3 is 13.8 Å². The van der Waals surface area contributed by atoms with Crippen molar-refractivity contribution in [2.45, 2.75) is 6.54 Å². The van der Waals surface area contributed by atoms with Gasteiger partial charge in [-0.15, -0.1) is 0 Å². The zero-order valence-electron chi connectivity index (χ0n) is 14.6. The van der Waals surface area contributed by atoms with Gasteiger partial charge in [-0.05, 0) is 36.4 Å². The minimum Gasteiger partial charge on any atom is -0.464 e. The molecule has 0 bridgehead atoms. The van der Waals surface area contributed by atoms with E-state index in [2.05, 4.69) is 15.1 Å². The lowest BCUT2D eigenvalue weighted by atomic mass is 10.1. The number of benzene rings is 1. The van der Waals surface area contributed by atoms with E-state index in [9.17, 15) is 4.79 Å². The summed E-state index contributed by atoms with van der Waals surface area (Å²) >= 11 is 0. The van der Waals surface area contributed by atoms with E-state index in [0.717, 1.165) is 16.9 Å². The number of rotatable bonds is 5. The number of amides is 1. The number of furan rings is 1. The summed E-state index contributed by atoms with van der Waals surface area (Å²) in [6.07, 6.45) is 4.95. The molecule has 1 aromatic carbocycles. The SMILES string of the molecule is CN(Cc1nc(-c2cccnc2)no1)C(=O)c1ccc(-c2ccco2)cc1. The molecule has 0 radical (unpaired) electrons. The number of hydrogen-bond acceptors (Lipinski definition) is 6. The first kappa shape index (κ1) is 16.7. The van der Waals surface area contributed by atoms with Gasteiger partial charge in [0.05, 0.1) is 12.8 Å². The number of hydrogen-bond donors (Lipinski definition) is 0. The molecule has 4 rings (SSSR count). The molecule has 0 aliphatic carbocycles. The zero-order valence-corrected chi connectivity index (χ0v) is 14.6. The van der Waals surface area contributed by atoms with Gasteiger partial charge in [0, 0.05) is 36.1 Å². The summed E-state index contributed by atoms with van der Waals surface area (Å²) in [6, 6.07) is 14.6. The van der Waals surface area contributed by atoms with Crippen molar-refractivity contribution in [1.82, 2.24) is 20.0 Å². The van der Waals surface area contributed by atoms with E-state index in [1.807, 2.05) is 30.3 Å². The normalized spacial score (nSPS) is 10.7. The predicted molar refractivity (Wildman–Crippen MR) is 97.5 cm³/mol. The molecule has 0 atom stereocenters. The van der Waals surface area contributed by atoms with Crippen molar-refractivity contribution >= 4 is 5.91 Å². The topological polar surface area (TPSA) is 85.3 Å². The smallest absolute Gasteiger partial charge is 0.254 e. The molecule has 27 heavy (non-hydrogen) atoms. The average molecular weight is 360 g/mol. The van der Waals surface area contributed by atoms with Gasteiger partial charge in [0.15, 0.2) is 0 Å². The maximum atomic E-state index is 12.6. The van der Waals surface area contributed by atoms with Crippen molar-refractivity contribution in [3.63, 3.8) is 0 Å². The summed E-state index contributed by atoms with van der Waals surface area (Å²) < 4.78 is 10.6. The standard InChI is InChI=1S/C20H16N4O3/c1-24(13-18-22-19(23-27-18)16-4-2-10-21-12-16)20(25)15-8-6-14(7-9-15)17-5-3-11-26-17/h2-12H,13H2,1H3. The van der Waals surface area contributed by atoms with Gasteiger partial charge in [-0.2, -0.15) is 4.98 Å². The Kier molecular flexibility index (Phi) is 4.49. The Labute approximate surface area is 155 Å². The monoisotopic (exact) mass is 360 g/mol. The number of nitrogens with zero attached hydrogens (tertiary/aromatic N) is 4. The molecule has 3 heterocycles. The molecular formula is C20H16N4O3. The molecule has 4 aromatic rings. The van der Waals surface area contributed by atoms with E-state index in [4.69, 9.17) is 8.94 Å². The number of aromatic nitrogens is 3. The Morgan fingerprint density at radius 1 is 1.07 bits per heavy atom. The van der Waals surface area contributed by atoms with E-state index in [1.54, 1.807) is 43.9 Å². The second kappa shape index (κ2) is 7.25. The predicted octanol–water partition coefficient (Wildman–Crippen LogP) is 3.66. The second-order valence-corrected chi connectivity index (χ2v) is 5.97. The summed E-state index contributed by atoms with van der Waals surface area (Å²) in [7, 11) is 1.69. The van der Waals surface area contributed by atoms with Gasteiger partial charge in [-0.3, -0.25) is 9.78 Å². The molecule has 0 fully saturated rings. The third kappa shape index (κ3) is 3.62. The first-order chi connectivity index (χ1) is 13.2. The van der Waals surface area contributed by atoms with E-state index >= 15 is 0 Å². The van der Waals surface area contributed by atoms with Crippen LogP contribution in [0, 0.1) is 0 Å². The average Bonchev–Trinajstić information content (AvgIpc) is 3.40. The van der Waals surface area contributed by atoms with E-state index in [-0.39, 0.29) is 12.5 Å². The first-order valence-corrected chi connectivity index (χ1v) is 8.33. The lowest BCUT2D eigenvalue weighted by molar-refractivity contribution is 0.0769. The quantitative estimate of drug-likeness (QED) is 0.540. The van der Waals surface area contributed by atoms with Crippen LogP contribution in [0.25, 0.3) is 22.7 Å². The Morgan fingerprint density at radius 3 is 2.63 bits per heavy atom. The van der Waals surface area contributed by atoms with Gasteiger partial charge in [0.1, 0.15) is 5.76 Å². The third-order valence-corrected chi connectivity index (χ3v) is 4.04. The fourth-order valence-corrected chi connectivity index (χ4v) is 2.65. The van der Waals surface area contributed by atoms with Crippen molar-refractivity contribution in [2.24, 2.45) is 0 Å². The summed E-state index contributed by atoms with van der Waals surface area (Å²) in [6.45, 7) is 0.214. The maximum absolute atomic E-state index is 12.6. The molecular weight excluding hydrogens is 344 g/mol. The van der Waals surface area contributed by atoms with Crippen molar-refractivity contribution in [1.29, 1.82) is 0 Å². The first-order valence-electron chi connectivity index (χ1n) is 8.33. The van der Waals surface area contributed by atoms with Crippen molar-refractivity contribution in [3.8, 4) is 22.7 Å². The molecule has 0 unspecified atom stereocenters. The summed E-state index contributed by atoms with van der Waals surface area (Å²) in [5, 5.41) is 3.94. The third-order valence-electron chi connectivity index (χ3n) is 4.04. The van der Waals surface area contributed by atoms with Gasteiger partial charge in [-0.1, -0.05) is 17.3 Å². The number of carbonyl (C=O) groups is 1. The van der Waals surface area contributed by atoms with Crippen molar-refractivity contribution < 1.29 is 13.7 Å². The highest BCUT2D eigenvalue weighted by atomic mass is 16.5. The molecule has 7 nitrogen and oxygen atoms in total. The fraction of sp³-hybridized carbons (Fsp3) is 0.100. The van der Waals surface area contributed by atoms with Crippen LogP contribution in [-0.2, 0) is 6.54 Å². The maximum Gasteiger partial charge on any atom is 0.254 e. The van der Waals surface area contributed by atoms with Crippen molar-refractivity contribution in [2.75, 3.05) is 7.05 Å². The second-order valence-electron chi connectivity index (χ2n) is 5.97. The highest BCUT2D eigenvalue weighted by molar-refractivity contribution is 5.94. The van der Waals surface area contributed by atoms with E-state index in [1.165, 1.54) is 4.90 Å². The van der Waals surface area contributed by atoms with Crippen LogP contribution < -0.4 is 0 Å². The van der Waals surface area contributed by atoms with Crippen LogP contribution in [0.2, 0.25) is 0 Å². The van der Waals surface area contributed by atoms with Crippen LogP contribution in [0.4, 0.5) is 0 Å². The molecule has 0 aliphatic rings. The molecule has 1 amide bonds. The minimum absolute atomic E-state index is 0.137. The fourth-order valence-electron chi connectivity index (χ4n) is 2.65. The van der Waals surface area contributed by atoms with Gasteiger partial charge >= 0.3 is 0 Å².